The third kappa shape index (κ3) is 39.5. The molecule has 0 saturated heterocycles. The second kappa shape index (κ2) is 46.7. The fraction of sp³-hybridized carbons (Fsp3) is 0.906. The maximum atomic E-state index is 13.1. The van der Waals surface area contributed by atoms with Crippen molar-refractivity contribution in [1.29, 1.82) is 0 Å². The highest BCUT2D eigenvalue weighted by molar-refractivity contribution is 5.87. The predicted octanol–water partition coefficient (Wildman–Crippen LogP) is 12.7. The van der Waals surface area contributed by atoms with Crippen LogP contribution >= 0.6 is 0 Å². The SMILES string of the molecule is CCCCCCCCC(CCCCCC)C(=O)OCCCCCCCCNC(=O)C(CCN=C(N)N)NC(=O)CCCCCCCOC(=O)C(CCCCCC)CCCCCCCC. The molecular formula is C53H103N5O6. The summed E-state index contributed by atoms with van der Waals surface area (Å²) in [6, 6.07) is -0.703. The second-order valence-electron chi connectivity index (χ2n) is 18.7. The van der Waals surface area contributed by atoms with E-state index in [2.05, 4.69) is 43.3 Å². The van der Waals surface area contributed by atoms with Crippen LogP contribution in [0, 0.1) is 11.8 Å². The normalized spacial score (nSPS) is 12.6. The molecule has 0 radical (unpaired) electrons. The molecule has 0 aromatic carbocycles. The lowest BCUT2D eigenvalue weighted by Crippen LogP contribution is -2.47. The highest BCUT2D eigenvalue weighted by Gasteiger charge is 2.22. The van der Waals surface area contributed by atoms with Gasteiger partial charge in [0.2, 0.25) is 11.8 Å². The highest BCUT2D eigenvalue weighted by Crippen LogP contribution is 2.22. The fourth-order valence-corrected chi connectivity index (χ4v) is 8.36. The minimum Gasteiger partial charge on any atom is -0.465 e. The first-order valence-electron chi connectivity index (χ1n) is 27.2. The Bertz CT molecular complexity index is 1130. The minimum atomic E-state index is -0.703. The smallest absolute Gasteiger partial charge is 0.308 e. The van der Waals surface area contributed by atoms with Crippen molar-refractivity contribution in [3.8, 4) is 0 Å². The van der Waals surface area contributed by atoms with Crippen molar-refractivity contribution in [2.75, 3.05) is 26.3 Å². The quantitative estimate of drug-likeness (QED) is 0.0202. The van der Waals surface area contributed by atoms with Crippen molar-refractivity contribution in [3.63, 3.8) is 0 Å². The van der Waals surface area contributed by atoms with Crippen LogP contribution in [0.3, 0.4) is 0 Å². The topological polar surface area (TPSA) is 175 Å². The number of hydrogen-bond acceptors (Lipinski definition) is 7. The summed E-state index contributed by atoms with van der Waals surface area (Å²) in [6.07, 6.45) is 39.0. The molecule has 0 saturated carbocycles. The summed E-state index contributed by atoms with van der Waals surface area (Å²) in [4.78, 5) is 55.8. The van der Waals surface area contributed by atoms with E-state index < -0.39 is 6.04 Å². The molecule has 0 aromatic rings. The van der Waals surface area contributed by atoms with Crippen molar-refractivity contribution in [3.05, 3.63) is 0 Å². The number of ether oxygens (including phenoxy) is 2. The van der Waals surface area contributed by atoms with E-state index in [0.717, 1.165) is 122 Å². The molecule has 3 atom stereocenters. The summed E-state index contributed by atoms with van der Waals surface area (Å²) >= 11 is 0. The summed E-state index contributed by atoms with van der Waals surface area (Å²) in [6.45, 7) is 10.7. The third-order valence-electron chi connectivity index (χ3n) is 12.6. The number of guanidine groups is 1. The van der Waals surface area contributed by atoms with E-state index in [0.29, 0.717) is 32.6 Å². The van der Waals surface area contributed by atoms with Crippen LogP contribution in [-0.2, 0) is 28.7 Å². The Morgan fingerprint density at radius 2 is 0.812 bits per heavy atom. The number of carbonyl (C=O) groups is 4. The average molecular weight is 906 g/mol. The molecule has 0 aliphatic carbocycles. The molecule has 64 heavy (non-hydrogen) atoms. The van der Waals surface area contributed by atoms with E-state index in [1.54, 1.807) is 0 Å². The van der Waals surface area contributed by atoms with Crippen LogP contribution < -0.4 is 22.1 Å². The van der Waals surface area contributed by atoms with E-state index in [1.807, 2.05) is 0 Å². The summed E-state index contributed by atoms with van der Waals surface area (Å²) in [7, 11) is 0. The molecule has 3 unspecified atom stereocenters. The largest absolute Gasteiger partial charge is 0.465 e. The van der Waals surface area contributed by atoms with Crippen molar-refractivity contribution >= 4 is 29.7 Å². The summed E-state index contributed by atoms with van der Waals surface area (Å²) < 4.78 is 11.5. The van der Waals surface area contributed by atoms with Gasteiger partial charge in [-0.05, 0) is 57.8 Å². The van der Waals surface area contributed by atoms with Gasteiger partial charge in [0.05, 0.1) is 25.0 Å². The van der Waals surface area contributed by atoms with Crippen molar-refractivity contribution in [1.82, 2.24) is 10.6 Å². The van der Waals surface area contributed by atoms with Crippen LogP contribution in [0.25, 0.3) is 0 Å². The number of carbonyl (C=O) groups excluding carboxylic acids is 4. The summed E-state index contributed by atoms with van der Waals surface area (Å²) in [5.74, 6) is -0.345. The lowest BCUT2D eigenvalue weighted by Gasteiger charge is -2.18. The van der Waals surface area contributed by atoms with Crippen LogP contribution in [-0.4, -0.2) is 62.1 Å². The Labute approximate surface area is 393 Å². The summed E-state index contributed by atoms with van der Waals surface area (Å²) in [5, 5.41) is 5.90. The van der Waals surface area contributed by atoms with Crippen molar-refractivity contribution < 1.29 is 28.7 Å². The number of rotatable bonds is 48. The van der Waals surface area contributed by atoms with Gasteiger partial charge in [0, 0.05) is 19.5 Å². The Morgan fingerprint density at radius 1 is 0.453 bits per heavy atom. The monoisotopic (exact) mass is 906 g/mol. The maximum Gasteiger partial charge on any atom is 0.308 e. The Hall–Kier alpha value is -2.85. The van der Waals surface area contributed by atoms with E-state index in [4.69, 9.17) is 20.9 Å². The third-order valence-corrected chi connectivity index (χ3v) is 12.6. The van der Waals surface area contributed by atoms with Crippen molar-refractivity contribution in [2.45, 2.75) is 271 Å². The molecule has 0 spiro atoms. The molecule has 0 heterocycles. The van der Waals surface area contributed by atoms with Crippen LogP contribution in [0.5, 0.6) is 0 Å². The van der Waals surface area contributed by atoms with Gasteiger partial charge < -0.3 is 31.6 Å². The molecule has 0 aliphatic heterocycles. The Kier molecular flexibility index (Phi) is 44.6. The van der Waals surface area contributed by atoms with E-state index in [1.165, 1.54) is 103 Å². The number of nitrogens with zero attached hydrogens (tertiary/aromatic N) is 1. The second-order valence-corrected chi connectivity index (χ2v) is 18.7. The molecule has 11 heteroatoms. The fourth-order valence-electron chi connectivity index (χ4n) is 8.36. The van der Waals surface area contributed by atoms with E-state index in [-0.39, 0.29) is 48.1 Å². The van der Waals surface area contributed by atoms with Gasteiger partial charge in [-0.15, -0.1) is 0 Å². The zero-order valence-corrected chi connectivity index (χ0v) is 42.3. The first-order valence-corrected chi connectivity index (χ1v) is 27.2. The highest BCUT2D eigenvalue weighted by atomic mass is 16.5. The molecule has 0 rings (SSSR count). The first-order chi connectivity index (χ1) is 31.2. The lowest BCUT2D eigenvalue weighted by atomic mass is 9.94. The zero-order chi connectivity index (χ0) is 47.1. The average Bonchev–Trinajstić information content (AvgIpc) is 3.28. The van der Waals surface area contributed by atoms with Gasteiger partial charge >= 0.3 is 11.9 Å². The number of aliphatic imine (C=N–C) groups is 1. The molecule has 0 aliphatic rings. The number of nitrogens with one attached hydrogen (secondary N) is 2. The molecular weight excluding hydrogens is 803 g/mol. The van der Waals surface area contributed by atoms with Crippen LogP contribution in [0.2, 0.25) is 0 Å². The molecule has 0 fully saturated rings. The zero-order valence-electron chi connectivity index (χ0n) is 42.3. The number of esters is 2. The van der Waals surface area contributed by atoms with Crippen LogP contribution in [0.15, 0.2) is 4.99 Å². The van der Waals surface area contributed by atoms with Gasteiger partial charge in [-0.2, -0.15) is 0 Å². The van der Waals surface area contributed by atoms with E-state index in [9.17, 15) is 19.2 Å². The molecule has 376 valence electrons. The Morgan fingerprint density at radius 3 is 1.23 bits per heavy atom. The van der Waals surface area contributed by atoms with Gasteiger partial charge in [-0.3, -0.25) is 24.2 Å². The standard InChI is InChI=1S/C53H103N5O6/c1-5-9-13-17-22-30-38-46(36-28-15-11-7-3)51(61)63-44-34-26-20-19-25-33-42-56-50(60)48(41-43-57-53(54)55)58-49(59)40-32-24-21-27-35-45-64-52(62)47(37-29-16-12-8-4)39-31-23-18-14-10-6-2/h46-48H,5-45H2,1-4H3,(H,56,60)(H,58,59)(H4,54,55,57). The van der Waals surface area contributed by atoms with Gasteiger partial charge in [-0.25, -0.2) is 0 Å². The maximum absolute atomic E-state index is 13.1. The summed E-state index contributed by atoms with van der Waals surface area (Å²) in [5.41, 5.74) is 11.0. The van der Waals surface area contributed by atoms with Gasteiger partial charge in [0.15, 0.2) is 5.96 Å². The molecule has 0 aromatic heterocycles. The van der Waals surface area contributed by atoms with Crippen LogP contribution in [0.1, 0.15) is 265 Å². The first kappa shape index (κ1) is 61.1. The molecule has 0 bridgehead atoms. The minimum absolute atomic E-state index is 0.00580. The molecule has 11 nitrogen and oxygen atoms in total. The van der Waals surface area contributed by atoms with E-state index >= 15 is 0 Å². The number of nitrogens with two attached hydrogens (primary N) is 2. The van der Waals surface area contributed by atoms with Gasteiger partial charge in [-0.1, -0.05) is 201 Å². The van der Waals surface area contributed by atoms with Crippen LogP contribution in [0.4, 0.5) is 0 Å². The number of unbranched alkanes of at least 4 members (excludes halogenated alkanes) is 25. The van der Waals surface area contributed by atoms with Gasteiger partial charge in [0.1, 0.15) is 6.04 Å². The predicted molar refractivity (Wildman–Crippen MR) is 268 cm³/mol. The van der Waals surface area contributed by atoms with Crippen molar-refractivity contribution in [2.24, 2.45) is 28.3 Å². The lowest BCUT2D eigenvalue weighted by molar-refractivity contribution is -0.150. The number of amides is 2. The molecule has 2 amide bonds. The Balaban J connectivity index is 4.40. The number of hydrogen-bond donors (Lipinski definition) is 4. The molecule has 6 N–H and O–H groups in total. The van der Waals surface area contributed by atoms with Gasteiger partial charge in [0.25, 0.3) is 0 Å².